The normalized spacial score (nSPS) is 29.5. The lowest BCUT2D eigenvalue weighted by atomic mass is 9.79. The van der Waals surface area contributed by atoms with Crippen LogP contribution in [0.25, 0.3) is 0 Å². The third-order valence-electron chi connectivity index (χ3n) is 6.40. The summed E-state index contributed by atoms with van der Waals surface area (Å²) >= 11 is 0. The highest BCUT2D eigenvalue weighted by atomic mass is 16.5. The molecule has 152 valence electrons. The Morgan fingerprint density at radius 2 is 1.38 bits per heavy atom. The lowest BCUT2D eigenvalue weighted by Gasteiger charge is -2.31. The van der Waals surface area contributed by atoms with Crippen molar-refractivity contribution in [2.24, 2.45) is 11.8 Å². The smallest absolute Gasteiger partial charge is 0.309 e. The van der Waals surface area contributed by atoms with Gasteiger partial charge in [0.15, 0.2) is 0 Å². The molecule has 2 saturated carbocycles. The fraction of sp³-hybridized carbons (Fsp3) is 0.957. The Bertz CT molecular complexity index is 366. The van der Waals surface area contributed by atoms with E-state index >= 15 is 0 Å². The van der Waals surface area contributed by atoms with E-state index in [0.29, 0.717) is 6.10 Å². The van der Waals surface area contributed by atoms with Gasteiger partial charge in [0, 0.05) is 6.61 Å². The van der Waals surface area contributed by atoms with Crippen LogP contribution in [0.1, 0.15) is 110 Å². The summed E-state index contributed by atoms with van der Waals surface area (Å²) in [5, 5.41) is 0. The summed E-state index contributed by atoms with van der Waals surface area (Å²) in [7, 11) is 0. The predicted octanol–water partition coefficient (Wildman–Crippen LogP) is 6.43. The lowest BCUT2D eigenvalue weighted by molar-refractivity contribution is -0.158. The average molecular weight is 367 g/mol. The van der Waals surface area contributed by atoms with E-state index in [-0.39, 0.29) is 18.0 Å². The van der Waals surface area contributed by atoms with Crippen molar-refractivity contribution in [2.75, 3.05) is 6.61 Å². The van der Waals surface area contributed by atoms with E-state index in [1.165, 1.54) is 57.8 Å². The van der Waals surface area contributed by atoms with E-state index in [0.717, 1.165) is 51.0 Å². The van der Waals surface area contributed by atoms with Gasteiger partial charge in [0.2, 0.25) is 0 Å². The van der Waals surface area contributed by atoms with Gasteiger partial charge in [-0.05, 0) is 63.7 Å². The Labute approximate surface area is 161 Å². The van der Waals surface area contributed by atoms with Crippen molar-refractivity contribution in [3.05, 3.63) is 0 Å². The van der Waals surface area contributed by atoms with E-state index in [4.69, 9.17) is 9.47 Å². The first kappa shape index (κ1) is 21.7. The molecule has 0 saturated heterocycles. The molecule has 0 bridgehead atoms. The van der Waals surface area contributed by atoms with Gasteiger partial charge in [0.05, 0.1) is 12.0 Å². The Balaban J connectivity index is 1.56. The average Bonchev–Trinajstić information content (AvgIpc) is 2.67. The summed E-state index contributed by atoms with van der Waals surface area (Å²) < 4.78 is 11.8. The lowest BCUT2D eigenvalue weighted by Crippen LogP contribution is -2.32. The zero-order valence-corrected chi connectivity index (χ0v) is 17.3. The SMILES string of the molecule is CCCCCOC1CCC(OC(=O)C2CCC(CCCCC)CC2)CC1. The number of ether oxygens (including phenoxy) is 2. The standard InChI is InChI=1S/C23H42O3/c1-3-5-7-9-19-10-12-20(13-11-19)23(24)26-22-16-14-21(15-17-22)25-18-8-6-4-2/h19-22H,3-18H2,1-2H3. The zero-order valence-electron chi connectivity index (χ0n) is 17.3. The Morgan fingerprint density at radius 3 is 2.04 bits per heavy atom. The monoisotopic (exact) mass is 366 g/mol. The van der Waals surface area contributed by atoms with Gasteiger partial charge in [-0.15, -0.1) is 0 Å². The minimum absolute atomic E-state index is 0.0873. The predicted molar refractivity (Wildman–Crippen MR) is 107 cm³/mol. The van der Waals surface area contributed by atoms with Gasteiger partial charge in [-0.1, -0.05) is 52.4 Å². The second-order valence-electron chi connectivity index (χ2n) is 8.63. The van der Waals surface area contributed by atoms with Crippen LogP contribution in [-0.4, -0.2) is 24.8 Å². The number of carbonyl (C=O) groups excluding carboxylic acids is 1. The van der Waals surface area contributed by atoms with Crippen LogP contribution in [0.4, 0.5) is 0 Å². The maximum atomic E-state index is 12.5. The van der Waals surface area contributed by atoms with Crippen LogP contribution in [0.5, 0.6) is 0 Å². The number of hydrogen-bond donors (Lipinski definition) is 0. The first-order chi connectivity index (χ1) is 12.7. The highest BCUT2D eigenvalue weighted by molar-refractivity contribution is 5.72. The van der Waals surface area contributed by atoms with Gasteiger partial charge >= 0.3 is 5.97 Å². The first-order valence-corrected chi connectivity index (χ1v) is 11.5. The third-order valence-corrected chi connectivity index (χ3v) is 6.40. The summed E-state index contributed by atoms with van der Waals surface area (Å²) in [5.41, 5.74) is 0. The van der Waals surface area contributed by atoms with Crippen molar-refractivity contribution in [3.8, 4) is 0 Å². The fourth-order valence-corrected chi connectivity index (χ4v) is 4.55. The Morgan fingerprint density at radius 1 is 0.769 bits per heavy atom. The van der Waals surface area contributed by atoms with Crippen molar-refractivity contribution in [1.29, 1.82) is 0 Å². The van der Waals surface area contributed by atoms with Crippen LogP contribution in [0.3, 0.4) is 0 Å². The molecule has 3 heteroatoms. The molecule has 26 heavy (non-hydrogen) atoms. The minimum Gasteiger partial charge on any atom is -0.462 e. The van der Waals surface area contributed by atoms with Crippen molar-refractivity contribution < 1.29 is 14.3 Å². The van der Waals surface area contributed by atoms with E-state index in [9.17, 15) is 4.79 Å². The van der Waals surface area contributed by atoms with E-state index in [2.05, 4.69) is 13.8 Å². The maximum absolute atomic E-state index is 12.5. The van der Waals surface area contributed by atoms with Gasteiger partial charge in [0.1, 0.15) is 6.10 Å². The highest BCUT2D eigenvalue weighted by Gasteiger charge is 2.30. The second kappa shape index (κ2) is 12.8. The van der Waals surface area contributed by atoms with E-state index < -0.39 is 0 Å². The molecule has 0 radical (unpaired) electrons. The van der Waals surface area contributed by atoms with Crippen molar-refractivity contribution in [3.63, 3.8) is 0 Å². The van der Waals surface area contributed by atoms with Gasteiger partial charge in [-0.3, -0.25) is 4.79 Å². The van der Waals surface area contributed by atoms with Crippen LogP contribution in [-0.2, 0) is 14.3 Å². The maximum Gasteiger partial charge on any atom is 0.309 e. The summed E-state index contributed by atoms with van der Waals surface area (Å²) in [6.45, 7) is 5.38. The van der Waals surface area contributed by atoms with Gasteiger partial charge in [-0.2, -0.15) is 0 Å². The van der Waals surface area contributed by atoms with E-state index in [1.807, 2.05) is 0 Å². The molecule has 2 aliphatic carbocycles. The summed E-state index contributed by atoms with van der Waals surface area (Å²) in [6.07, 6.45) is 18.2. The molecule has 2 rings (SSSR count). The number of hydrogen-bond acceptors (Lipinski definition) is 3. The number of esters is 1. The van der Waals surface area contributed by atoms with E-state index in [1.54, 1.807) is 0 Å². The molecule has 0 aromatic heterocycles. The molecule has 2 aliphatic rings. The molecule has 2 fully saturated rings. The number of unbranched alkanes of at least 4 members (excludes halogenated alkanes) is 4. The molecular formula is C23H42O3. The third kappa shape index (κ3) is 7.98. The molecule has 0 unspecified atom stereocenters. The Hall–Kier alpha value is -0.570. The summed E-state index contributed by atoms with van der Waals surface area (Å²) in [5.74, 6) is 1.11. The second-order valence-corrected chi connectivity index (χ2v) is 8.63. The van der Waals surface area contributed by atoms with Crippen molar-refractivity contribution in [1.82, 2.24) is 0 Å². The molecule has 0 aliphatic heterocycles. The minimum atomic E-state index is 0.0873. The molecular weight excluding hydrogens is 324 g/mol. The number of rotatable bonds is 11. The molecule has 0 heterocycles. The molecule has 0 aromatic carbocycles. The molecule has 0 N–H and O–H groups in total. The zero-order chi connectivity index (χ0) is 18.6. The molecule has 0 aromatic rings. The topological polar surface area (TPSA) is 35.5 Å². The highest BCUT2D eigenvalue weighted by Crippen LogP contribution is 2.33. The quantitative estimate of drug-likeness (QED) is 0.312. The number of carbonyl (C=O) groups is 1. The van der Waals surface area contributed by atoms with Crippen LogP contribution in [0.2, 0.25) is 0 Å². The van der Waals surface area contributed by atoms with Crippen LogP contribution >= 0.6 is 0 Å². The summed E-state index contributed by atoms with van der Waals surface area (Å²) in [4.78, 5) is 12.5. The van der Waals surface area contributed by atoms with Crippen LogP contribution < -0.4 is 0 Å². The Kier molecular flexibility index (Phi) is 10.7. The van der Waals surface area contributed by atoms with Crippen molar-refractivity contribution >= 4 is 5.97 Å². The van der Waals surface area contributed by atoms with Gasteiger partial charge in [0.25, 0.3) is 0 Å². The summed E-state index contributed by atoms with van der Waals surface area (Å²) in [6, 6.07) is 0. The molecule has 0 spiro atoms. The molecule has 3 nitrogen and oxygen atoms in total. The van der Waals surface area contributed by atoms with Crippen molar-refractivity contribution in [2.45, 2.75) is 122 Å². The van der Waals surface area contributed by atoms with Gasteiger partial charge < -0.3 is 9.47 Å². The molecule has 0 atom stereocenters. The first-order valence-electron chi connectivity index (χ1n) is 11.5. The fourth-order valence-electron chi connectivity index (χ4n) is 4.55. The molecule has 0 amide bonds. The van der Waals surface area contributed by atoms with Gasteiger partial charge in [-0.25, -0.2) is 0 Å². The largest absolute Gasteiger partial charge is 0.462 e. The van der Waals surface area contributed by atoms with Crippen LogP contribution in [0.15, 0.2) is 0 Å². The van der Waals surface area contributed by atoms with Crippen LogP contribution in [0, 0.1) is 11.8 Å².